The smallest absolute Gasteiger partial charge is 0.241 e. The van der Waals surface area contributed by atoms with Crippen molar-refractivity contribution in [2.24, 2.45) is 5.92 Å². The number of nitrogens with zero attached hydrogens (tertiary/aromatic N) is 1. The second-order valence-corrected chi connectivity index (χ2v) is 9.44. The van der Waals surface area contributed by atoms with Crippen LogP contribution in [0.4, 0.5) is 0 Å². The molecule has 148 valence electrons. The molecule has 0 aliphatic rings. The van der Waals surface area contributed by atoms with Gasteiger partial charge in [-0.15, -0.1) is 0 Å². The fourth-order valence-corrected chi connectivity index (χ4v) is 4.16. The molecule has 0 bridgehead atoms. The van der Waals surface area contributed by atoms with Gasteiger partial charge in [-0.2, -0.15) is 4.72 Å². The average molecular weight is 448 g/mol. The van der Waals surface area contributed by atoms with Crippen molar-refractivity contribution in [3.05, 3.63) is 28.7 Å². The lowest BCUT2D eigenvalue weighted by molar-refractivity contribution is -0.123. The van der Waals surface area contributed by atoms with Crippen LogP contribution in [0.15, 0.2) is 33.6 Å². The molecule has 1 aromatic rings. The maximum atomic E-state index is 12.6. The van der Waals surface area contributed by atoms with Crippen LogP contribution in [0.3, 0.4) is 0 Å². The number of carbonyl (C=O) groups excluding carboxylic acids is 1. The van der Waals surface area contributed by atoms with Crippen LogP contribution in [0.2, 0.25) is 0 Å². The molecule has 0 saturated heterocycles. The van der Waals surface area contributed by atoms with E-state index in [0.29, 0.717) is 12.6 Å². The standard InChI is InChI=1S/C18H30BrN3O3S/c1-6-22(14(4)5)12-11-20-18(23)17(13(2)3)21-26(24,25)16-9-7-15(19)8-10-16/h7-10,13-14,17,21H,6,11-12H2,1-5H3,(H,20,23)/t17-/m0/s1. The van der Waals surface area contributed by atoms with Crippen LogP contribution in [0, 0.1) is 5.92 Å². The van der Waals surface area contributed by atoms with Crippen molar-refractivity contribution in [1.82, 2.24) is 14.9 Å². The Labute approximate surface area is 165 Å². The summed E-state index contributed by atoms with van der Waals surface area (Å²) in [6, 6.07) is 5.90. The summed E-state index contributed by atoms with van der Waals surface area (Å²) in [7, 11) is -3.77. The highest BCUT2D eigenvalue weighted by Crippen LogP contribution is 2.16. The first kappa shape index (κ1) is 23.1. The van der Waals surface area contributed by atoms with Crippen molar-refractivity contribution < 1.29 is 13.2 Å². The minimum absolute atomic E-state index is 0.135. The van der Waals surface area contributed by atoms with Crippen LogP contribution in [0.1, 0.15) is 34.6 Å². The first-order valence-corrected chi connectivity index (χ1v) is 11.2. The summed E-state index contributed by atoms with van der Waals surface area (Å²) >= 11 is 3.28. The largest absolute Gasteiger partial charge is 0.353 e. The lowest BCUT2D eigenvalue weighted by Gasteiger charge is -2.26. The fraction of sp³-hybridized carbons (Fsp3) is 0.611. The molecule has 0 spiro atoms. The molecular formula is C18H30BrN3O3S. The summed E-state index contributed by atoms with van der Waals surface area (Å²) in [6.07, 6.45) is 0. The van der Waals surface area contributed by atoms with Crippen molar-refractivity contribution in [3.63, 3.8) is 0 Å². The van der Waals surface area contributed by atoms with E-state index in [-0.39, 0.29) is 16.7 Å². The molecule has 1 rings (SSSR count). The van der Waals surface area contributed by atoms with Gasteiger partial charge in [0.05, 0.1) is 4.90 Å². The SMILES string of the molecule is CCN(CCNC(=O)[C@@H](NS(=O)(=O)c1ccc(Br)cc1)C(C)C)C(C)C. The highest BCUT2D eigenvalue weighted by molar-refractivity contribution is 9.10. The molecule has 8 heteroatoms. The zero-order valence-corrected chi connectivity index (χ0v) is 18.5. The molecule has 1 atom stereocenters. The third kappa shape index (κ3) is 6.98. The summed E-state index contributed by atoms with van der Waals surface area (Å²) < 4.78 is 28.5. The van der Waals surface area contributed by atoms with E-state index in [1.807, 2.05) is 13.8 Å². The van der Waals surface area contributed by atoms with E-state index in [1.54, 1.807) is 12.1 Å². The molecule has 0 aliphatic carbocycles. The van der Waals surface area contributed by atoms with Gasteiger partial charge in [0.2, 0.25) is 15.9 Å². The van der Waals surface area contributed by atoms with Crippen LogP contribution in [0.25, 0.3) is 0 Å². The summed E-state index contributed by atoms with van der Waals surface area (Å²) in [4.78, 5) is 14.9. The molecule has 0 saturated carbocycles. The minimum atomic E-state index is -3.77. The first-order valence-electron chi connectivity index (χ1n) is 8.88. The van der Waals surface area contributed by atoms with Crippen molar-refractivity contribution >= 4 is 31.9 Å². The summed E-state index contributed by atoms with van der Waals surface area (Å²) in [5.74, 6) is -0.479. The number of halogens is 1. The highest BCUT2D eigenvalue weighted by Gasteiger charge is 2.28. The number of benzene rings is 1. The van der Waals surface area contributed by atoms with E-state index < -0.39 is 16.1 Å². The zero-order chi connectivity index (χ0) is 19.9. The maximum absolute atomic E-state index is 12.6. The topological polar surface area (TPSA) is 78.5 Å². The van der Waals surface area contributed by atoms with Gasteiger partial charge in [0.15, 0.2) is 0 Å². The predicted octanol–water partition coefficient (Wildman–Crippen LogP) is 2.60. The monoisotopic (exact) mass is 447 g/mol. The van der Waals surface area contributed by atoms with Crippen LogP contribution < -0.4 is 10.0 Å². The second-order valence-electron chi connectivity index (χ2n) is 6.81. The minimum Gasteiger partial charge on any atom is -0.353 e. The second kappa shape index (κ2) is 10.4. The number of carbonyl (C=O) groups is 1. The molecule has 0 aliphatic heterocycles. The van der Waals surface area contributed by atoms with E-state index in [2.05, 4.69) is 51.6 Å². The van der Waals surface area contributed by atoms with Crippen LogP contribution in [0.5, 0.6) is 0 Å². The van der Waals surface area contributed by atoms with Crippen LogP contribution in [-0.4, -0.2) is 50.9 Å². The van der Waals surface area contributed by atoms with Gasteiger partial charge in [-0.1, -0.05) is 36.7 Å². The summed E-state index contributed by atoms with van der Waals surface area (Å²) in [5, 5.41) is 2.85. The van der Waals surface area contributed by atoms with Crippen molar-refractivity contribution in [1.29, 1.82) is 0 Å². The average Bonchev–Trinajstić information content (AvgIpc) is 2.56. The fourth-order valence-electron chi connectivity index (χ4n) is 2.56. The van der Waals surface area contributed by atoms with Gasteiger partial charge in [-0.25, -0.2) is 8.42 Å². The van der Waals surface area contributed by atoms with E-state index in [9.17, 15) is 13.2 Å². The van der Waals surface area contributed by atoms with E-state index >= 15 is 0 Å². The molecule has 6 nitrogen and oxygen atoms in total. The number of hydrogen-bond acceptors (Lipinski definition) is 4. The Bertz CT molecular complexity index is 675. The molecule has 0 aromatic heterocycles. The Morgan fingerprint density at radius 2 is 1.73 bits per heavy atom. The molecular weight excluding hydrogens is 418 g/mol. The Morgan fingerprint density at radius 3 is 2.19 bits per heavy atom. The normalized spacial score (nSPS) is 13.4. The third-order valence-corrected chi connectivity index (χ3v) is 6.18. The Kier molecular flexibility index (Phi) is 9.23. The number of nitrogens with one attached hydrogen (secondary N) is 2. The highest BCUT2D eigenvalue weighted by atomic mass is 79.9. The van der Waals surface area contributed by atoms with Crippen molar-refractivity contribution in [2.75, 3.05) is 19.6 Å². The number of sulfonamides is 1. The number of hydrogen-bond donors (Lipinski definition) is 2. The van der Waals surface area contributed by atoms with Gasteiger partial charge in [-0.05, 0) is 50.6 Å². The Morgan fingerprint density at radius 1 is 1.15 bits per heavy atom. The van der Waals surface area contributed by atoms with Crippen LogP contribution >= 0.6 is 15.9 Å². The number of likely N-dealkylation sites (N-methyl/N-ethyl adjacent to an activating group) is 1. The van der Waals surface area contributed by atoms with Gasteiger partial charge in [0.1, 0.15) is 6.04 Å². The quantitative estimate of drug-likeness (QED) is 0.577. The van der Waals surface area contributed by atoms with E-state index in [0.717, 1.165) is 17.6 Å². The summed E-state index contributed by atoms with van der Waals surface area (Å²) in [5.41, 5.74) is 0. The summed E-state index contributed by atoms with van der Waals surface area (Å²) in [6.45, 7) is 12.0. The van der Waals surface area contributed by atoms with Gasteiger partial charge >= 0.3 is 0 Å². The Hall–Kier alpha value is -0.960. The molecule has 26 heavy (non-hydrogen) atoms. The molecule has 1 aromatic carbocycles. The van der Waals surface area contributed by atoms with E-state index in [1.165, 1.54) is 12.1 Å². The lowest BCUT2D eigenvalue weighted by Crippen LogP contribution is -2.51. The van der Waals surface area contributed by atoms with Gasteiger partial charge in [-0.3, -0.25) is 9.69 Å². The molecule has 0 unspecified atom stereocenters. The molecule has 0 radical (unpaired) electrons. The van der Waals surface area contributed by atoms with Gasteiger partial charge < -0.3 is 5.32 Å². The van der Waals surface area contributed by atoms with Gasteiger partial charge in [0.25, 0.3) is 0 Å². The van der Waals surface area contributed by atoms with Crippen molar-refractivity contribution in [2.45, 2.75) is 51.6 Å². The predicted molar refractivity (Wildman–Crippen MR) is 108 cm³/mol. The van der Waals surface area contributed by atoms with Gasteiger partial charge in [0, 0.05) is 23.6 Å². The number of rotatable bonds is 10. The first-order chi connectivity index (χ1) is 12.1. The molecule has 1 amide bonds. The molecule has 0 heterocycles. The van der Waals surface area contributed by atoms with E-state index in [4.69, 9.17) is 0 Å². The number of amides is 1. The lowest BCUT2D eigenvalue weighted by atomic mass is 10.1. The Balaban J connectivity index is 2.76. The zero-order valence-electron chi connectivity index (χ0n) is 16.1. The van der Waals surface area contributed by atoms with Crippen LogP contribution in [-0.2, 0) is 14.8 Å². The molecule has 0 fully saturated rings. The van der Waals surface area contributed by atoms with Crippen molar-refractivity contribution in [3.8, 4) is 0 Å². The third-order valence-electron chi connectivity index (χ3n) is 4.19. The molecule has 2 N–H and O–H groups in total. The maximum Gasteiger partial charge on any atom is 0.241 e.